The molecule has 1 aliphatic heterocycles. The van der Waals surface area contributed by atoms with Crippen LogP contribution in [0.15, 0.2) is 51.9 Å². The molecule has 3 rings (SSSR count). The van der Waals surface area contributed by atoms with E-state index < -0.39 is 5.92 Å². The summed E-state index contributed by atoms with van der Waals surface area (Å²) in [5.41, 5.74) is 7.79. The van der Waals surface area contributed by atoms with Crippen LogP contribution in [0.5, 0.6) is 0 Å². The van der Waals surface area contributed by atoms with Crippen molar-refractivity contribution in [1.82, 2.24) is 0 Å². The Morgan fingerprint density at radius 1 is 1.30 bits per heavy atom. The second-order valence-electron chi connectivity index (χ2n) is 5.97. The quantitative estimate of drug-likeness (QED) is 0.842. The van der Waals surface area contributed by atoms with Crippen molar-refractivity contribution < 1.29 is 9.53 Å². The first-order valence-corrected chi connectivity index (χ1v) is 8.75. The lowest BCUT2D eigenvalue weighted by atomic mass is 9.75. The summed E-state index contributed by atoms with van der Waals surface area (Å²) < 4.78 is 5.62. The number of thioether (sulfide) groups is 1. The summed E-state index contributed by atoms with van der Waals surface area (Å²) in [6, 6.07) is 10.0. The van der Waals surface area contributed by atoms with Gasteiger partial charge in [-0.15, -0.1) is 11.8 Å². The lowest BCUT2D eigenvalue weighted by molar-refractivity contribution is -0.117. The third kappa shape index (κ3) is 2.75. The van der Waals surface area contributed by atoms with Crippen molar-refractivity contribution in [2.75, 3.05) is 6.26 Å². The number of carbonyl (C=O) groups is 1. The molecule has 23 heavy (non-hydrogen) atoms. The van der Waals surface area contributed by atoms with Crippen molar-refractivity contribution in [1.29, 1.82) is 5.26 Å². The highest BCUT2D eigenvalue weighted by Crippen LogP contribution is 2.44. The zero-order chi connectivity index (χ0) is 16.6. The minimum atomic E-state index is -0.417. The van der Waals surface area contributed by atoms with E-state index in [2.05, 4.69) is 6.07 Å². The maximum Gasteiger partial charge on any atom is 0.205 e. The average Bonchev–Trinajstić information content (AvgIpc) is 2.53. The molecule has 0 saturated carbocycles. The average molecular weight is 326 g/mol. The number of rotatable bonds is 2. The number of benzene rings is 1. The third-order valence-corrected chi connectivity index (χ3v) is 5.06. The van der Waals surface area contributed by atoms with Gasteiger partial charge in [0.1, 0.15) is 17.4 Å². The number of ketones is 1. The summed E-state index contributed by atoms with van der Waals surface area (Å²) in [4.78, 5) is 13.7. The van der Waals surface area contributed by atoms with Crippen LogP contribution in [0.2, 0.25) is 0 Å². The molecule has 0 unspecified atom stereocenters. The third-order valence-electron chi connectivity index (χ3n) is 4.31. The van der Waals surface area contributed by atoms with E-state index in [1.54, 1.807) is 11.8 Å². The molecular formula is C18H18N2O2S. The van der Waals surface area contributed by atoms with Crippen molar-refractivity contribution in [3.05, 3.63) is 52.6 Å². The normalized spacial score (nSPS) is 24.1. The Kier molecular flexibility index (Phi) is 4.18. The molecular weight excluding hydrogens is 308 g/mol. The molecule has 0 spiro atoms. The number of carbonyl (C=O) groups excluding carboxylic acids is 1. The van der Waals surface area contributed by atoms with Gasteiger partial charge in [-0.3, -0.25) is 4.79 Å². The van der Waals surface area contributed by atoms with Crippen LogP contribution in [0.1, 0.15) is 31.2 Å². The van der Waals surface area contributed by atoms with Gasteiger partial charge in [0.15, 0.2) is 5.78 Å². The smallest absolute Gasteiger partial charge is 0.205 e. The molecule has 2 N–H and O–H groups in total. The van der Waals surface area contributed by atoms with Gasteiger partial charge in [0.25, 0.3) is 0 Å². The van der Waals surface area contributed by atoms with E-state index in [-0.39, 0.29) is 17.6 Å². The maximum atomic E-state index is 12.6. The van der Waals surface area contributed by atoms with Gasteiger partial charge in [0, 0.05) is 23.3 Å². The SMILES string of the molecule is CSc1ccc([C@H]2C(C#N)=C(N)OC3=C2C(=O)C[C@H](C)C3)cc1. The maximum absolute atomic E-state index is 12.6. The van der Waals surface area contributed by atoms with Crippen molar-refractivity contribution in [3.63, 3.8) is 0 Å². The second-order valence-corrected chi connectivity index (χ2v) is 6.85. The van der Waals surface area contributed by atoms with Gasteiger partial charge in [-0.25, -0.2) is 0 Å². The zero-order valence-corrected chi connectivity index (χ0v) is 13.9. The van der Waals surface area contributed by atoms with Crippen molar-refractivity contribution in [2.24, 2.45) is 11.7 Å². The van der Waals surface area contributed by atoms with E-state index in [1.807, 2.05) is 37.4 Å². The highest BCUT2D eigenvalue weighted by atomic mass is 32.2. The monoisotopic (exact) mass is 326 g/mol. The van der Waals surface area contributed by atoms with Gasteiger partial charge in [0.05, 0.1) is 5.92 Å². The lowest BCUT2D eigenvalue weighted by Gasteiger charge is -2.33. The first-order chi connectivity index (χ1) is 11.0. The fourth-order valence-corrected chi connectivity index (χ4v) is 3.63. The van der Waals surface area contributed by atoms with Crippen LogP contribution < -0.4 is 5.73 Å². The van der Waals surface area contributed by atoms with Crippen LogP contribution >= 0.6 is 11.8 Å². The highest BCUT2D eigenvalue weighted by molar-refractivity contribution is 7.98. The molecule has 1 aliphatic carbocycles. The standard InChI is InChI=1S/C18H18N2O2S/c1-10-7-14(21)17-15(8-10)22-18(20)13(9-19)16(17)11-3-5-12(23-2)6-4-11/h3-6,10,16H,7-8,20H2,1-2H3/t10-,16-/m0/s1. The first kappa shape index (κ1) is 15.7. The van der Waals surface area contributed by atoms with Crippen molar-refractivity contribution in [3.8, 4) is 6.07 Å². The fourth-order valence-electron chi connectivity index (χ4n) is 3.22. The molecule has 1 heterocycles. The van der Waals surface area contributed by atoms with Crippen molar-refractivity contribution >= 4 is 17.5 Å². The molecule has 0 aromatic heterocycles. The Labute approximate surface area is 140 Å². The Morgan fingerprint density at radius 3 is 2.61 bits per heavy atom. The first-order valence-electron chi connectivity index (χ1n) is 7.53. The van der Waals surface area contributed by atoms with E-state index in [0.29, 0.717) is 29.7 Å². The molecule has 2 atom stereocenters. The molecule has 0 saturated heterocycles. The minimum absolute atomic E-state index is 0.0537. The summed E-state index contributed by atoms with van der Waals surface area (Å²) in [7, 11) is 0. The summed E-state index contributed by atoms with van der Waals surface area (Å²) in [5, 5.41) is 9.52. The molecule has 0 radical (unpaired) electrons. The Bertz CT molecular complexity index is 756. The van der Waals surface area contributed by atoms with Gasteiger partial charge in [-0.2, -0.15) is 5.26 Å². The Morgan fingerprint density at radius 2 is 2.00 bits per heavy atom. The number of hydrogen-bond acceptors (Lipinski definition) is 5. The summed E-state index contributed by atoms with van der Waals surface area (Å²) in [6.45, 7) is 2.02. The highest BCUT2D eigenvalue weighted by Gasteiger charge is 2.39. The predicted molar refractivity (Wildman–Crippen MR) is 89.3 cm³/mol. The van der Waals surface area contributed by atoms with E-state index in [4.69, 9.17) is 10.5 Å². The number of allylic oxidation sites excluding steroid dienone is 3. The number of ether oxygens (including phenoxy) is 1. The van der Waals surface area contributed by atoms with Crippen LogP contribution in [0, 0.1) is 17.2 Å². The molecule has 5 heteroatoms. The molecule has 2 aliphatic rings. The van der Waals surface area contributed by atoms with E-state index in [1.165, 1.54) is 0 Å². The van der Waals surface area contributed by atoms with Gasteiger partial charge < -0.3 is 10.5 Å². The molecule has 0 bridgehead atoms. The minimum Gasteiger partial charge on any atom is -0.444 e. The van der Waals surface area contributed by atoms with Crippen molar-refractivity contribution in [2.45, 2.75) is 30.6 Å². The lowest BCUT2D eigenvalue weighted by Crippen LogP contribution is -2.29. The van der Waals surface area contributed by atoms with Crippen LogP contribution in [-0.2, 0) is 9.53 Å². The van der Waals surface area contributed by atoms with E-state index in [0.717, 1.165) is 10.5 Å². The molecule has 0 fully saturated rings. The van der Waals surface area contributed by atoms with Gasteiger partial charge in [-0.05, 0) is 29.9 Å². The number of Topliss-reactive ketones (excluding diaryl/α,β-unsaturated/α-hetero) is 1. The van der Waals surface area contributed by atoms with Crippen LogP contribution in [0.3, 0.4) is 0 Å². The van der Waals surface area contributed by atoms with Gasteiger partial charge >= 0.3 is 0 Å². The number of nitrogens with two attached hydrogens (primary N) is 1. The molecule has 0 amide bonds. The van der Waals surface area contributed by atoms with Gasteiger partial charge in [-0.1, -0.05) is 19.1 Å². The summed E-state index contributed by atoms with van der Waals surface area (Å²) in [6.07, 6.45) is 3.18. The largest absolute Gasteiger partial charge is 0.444 e. The van der Waals surface area contributed by atoms with E-state index >= 15 is 0 Å². The van der Waals surface area contributed by atoms with Gasteiger partial charge in [0.2, 0.25) is 5.88 Å². The van der Waals surface area contributed by atoms with Crippen LogP contribution in [0.4, 0.5) is 0 Å². The number of nitriles is 1. The Hall–Kier alpha value is -2.19. The molecule has 4 nitrogen and oxygen atoms in total. The van der Waals surface area contributed by atoms with E-state index in [9.17, 15) is 10.1 Å². The van der Waals surface area contributed by atoms with Crippen LogP contribution in [0.25, 0.3) is 0 Å². The number of hydrogen-bond donors (Lipinski definition) is 1. The second kappa shape index (κ2) is 6.13. The topological polar surface area (TPSA) is 76.1 Å². The zero-order valence-electron chi connectivity index (χ0n) is 13.1. The molecule has 118 valence electrons. The fraction of sp³-hybridized carbons (Fsp3) is 0.333. The summed E-state index contributed by atoms with van der Waals surface area (Å²) in [5.74, 6) is 0.617. The molecule has 1 aromatic rings. The Balaban J connectivity index is 2.13. The molecule has 1 aromatic carbocycles. The predicted octanol–water partition coefficient (Wildman–Crippen LogP) is 3.47. The summed E-state index contributed by atoms with van der Waals surface area (Å²) >= 11 is 1.65. The van der Waals surface area contributed by atoms with Crippen LogP contribution in [-0.4, -0.2) is 12.0 Å². The number of nitrogens with zero attached hydrogens (tertiary/aromatic N) is 1.